The number of fused-ring (bicyclic) bond motifs is 1. The van der Waals surface area contributed by atoms with Crippen molar-refractivity contribution in [2.24, 2.45) is 0 Å². The van der Waals surface area contributed by atoms with E-state index in [1.807, 2.05) is 42.7 Å². The third kappa shape index (κ3) is 1.93. The van der Waals surface area contributed by atoms with Gasteiger partial charge in [-0.25, -0.2) is 9.97 Å². The molecule has 0 N–H and O–H groups in total. The molecule has 0 aliphatic heterocycles. The van der Waals surface area contributed by atoms with Gasteiger partial charge in [-0.3, -0.25) is 0 Å². The maximum absolute atomic E-state index is 5.13. The summed E-state index contributed by atoms with van der Waals surface area (Å²) in [4.78, 5) is 8.76. The van der Waals surface area contributed by atoms with Gasteiger partial charge in [0.25, 0.3) is 0 Å². The van der Waals surface area contributed by atoms with Crippen LogP contribution >= 0.6 is 0 Å². The van der Waals surface area contributed by atoms with Crippen LogP contribution in [0.25, 0.3) is 11.0 Å². The zero-order chi connectivity index (χ0) is 12.4. The highest BCUT2D eigenvalue weighted by Gasteiger charge is 2.03. The van der Waals surface area contributed by atoms with Crippen molar-refractivity contribution in [2.75, 3.05) is 7.11 Å². The molecule has 0 saturated carbocycles. The minimum Gasteiger partial charge on any atom is -0.481 e. The zero-order valence-electron chi connectivity index (χ0n) is 10.1. The summed E-state index contributed by atoms with van der Waals surface area (Å²) in [6, 6.07) is 13.8. The van der Waals surface area contributed by atoms with Gasteiger partial charge in [0.2, 0.25) is 5.88 Å². The number of pyridine rings is 1. The van der Waals surface area contributed by atoms with Crippen LogP contribution in [0.2, 0.25) is 0 Å². The van der Waals surface area contributed by atoms with Crippen LogP contribution in [0, 0.1) is 0 Å². The monoisotopic (exact) mass is 239 g/mol. The van der Waals surface area contributed by atoms with Crippen molar-refractivity contribution in [1.29, 1.82) is 0 Å². The number of methoxy groups -OCH3 is 1. The van der Waals surface area contributed by atoms with E-state index in [1.54, 1.807) is 7.11 Å². The molecule has 0 radical (unpaired) electrons. The van der Waals surface area contributed by atoms with E-state index < -0.39 is 0 Å². The first kappa shape index (κ1) is 10.8. The Labute approximate surface area is 105 Å². The second-order valence-electron chi connectivity index (χ2n) is 4.03. The van der Waals surface area contributed by atoms with Crippen LogP contribution in [-0.4, -0.2) is 21.6 Å². The Morgan fingerprint density at radius 1 is 1.11 bits per heavy atom. The predicted octanol–water partition coefficient (Wildman–Crippen LogP) is 2.49. The van der Waals surface area contributed by atoms with E-state index in [4.69, 9.17) is 4.74 Å². The molecule has 0 spiro atoms. The number of hydrogen-bond acceptors (Lipinski definition) is 3. The molecule has 0 atom stereocenters. The van der Waals surface area contributed by atoms with Crippen molar-refractivity contribution < 1.29 is 4.74 Å². The van der Waals surface area contributed by atoms with Gasteiger partial charge in [-0.1, -0.05) is 18.2 Å². The van der Waals surface area contributed by atoms with E-state index in [0.717, 1.165) is 16.7 Å². The van der Waals surface area contributed by atoms with Crippen LogP contribution in [0.3, 0.4) is 0 Å². The van der Waals surface area contributed by atoms with E-state index in [2.05, 4.69) is 20.6 Å². The smallest absolute Gasteiger partial charge is 0.213 e. The van der Waals surface area contributed by atoms with Crippen LogP contribution in [0.1, 0.15) is 5.69 Å². The molecule has 90 valence electrons. The number of hydrogen-bond donors (Lipinski definition) is 0. The number of ether oxygens (including phenoxy) is 1. The second-order valence-corrected chi connectivity index (χ2v) is 4.03. The van der Waals surface area contributed by atoms with Crippen LogP contribution < -0.4 is 4.74 Å². The third-order valence-electron chi connectivity index (χ3n) is 2.85. The third-order valence-corrected chi connectivity index (χ3v) is 2.85. The number of aromatic nitrogens is 3. The summed E-state index contributed by atoms with van der Waals surface area (Å²) in [5.74, 6) is 0.636. The number of benzene rings is 1. The van der Waals surface area contributed by atoms with Crippen molar-refractivity contribution in [1.82, 2.24) is 14.5 Å². The molecule has 3 aromatic rings. The summed E-state index contributed by atoms with van der Waals surface area (Å²) in [6.07, 6.45) is 1.84. The maximum atomic E-state index is 5.13. The van der Waals surface area contributed by atoms with Crippen molar-refractivity contribution >= 4 is 11.0 Å². The molecule has 1 aromatic carbocycles. The lowest BCUT2D eigenvalue weighted by atomic mass is 10.3. The van der Waals surface area contributed by atoms with Crippen molar-refractivity contribution in [3.63, 3.8) is 0 Å². The Hall–Kier alpha value is -2.36. The summed E-state index contributed by atoms with van der Waals surface area (Å²) in [6.45, 7) is 0.692. The average Bonchev–Trinajstić information content (AvgIpc) is 2.83. The normalized spacial score (nSPS) is 10.7. The molecule has 2 heterocycles. The van der Waals surface area contributed by atoms with Gasteiger partial charge in [-0.2, -0.15) is 0 Å². The Bertz CT molecular complexity index is 675. The van der Waals surface area contributed by atoms with E-state index >= 15 is 0 Å². The van der Waals surface area contributed by atoms with Gasteiger partial charge < -0.3 is 9.30 Å². The van der Waals surface area contributed by atoms with Gasteiger partial charge in [-0.15, -0.1) is 0 Å². The molecule has 0 fully saturated rings. The number of imidazole rings is 1. The highest BCUT2D eigenvalue weighted by atomic mass is 16.5. The molecule has 4 heteroatoms. The largest absolute Gasteiger partial charge is 0.481 e. The number of nitrogens with zero attached hydrogens (tertiary/aromatic N) is 3. The fourth-order valence-corrected chi connectivity index (χ4v) is 1.97. The van der Waals surface area contributed by atoms with Crippen LogP contribution in [0.4, 0.5) is 0 Å². The first-order valence-electron chi connectivity index (χ1n) is 5.76. The summed E-state index contributed by atoms with van der Waals surface area (Å²) >= 11 is 0. The van der Waals surface area contributed by atoms with Crippen LogP contribution in [0.5, 0.6) is 5.88 Å². The summed E-state index contributed by atoms with van der Waals surface area (Å²) in [5.41, 5.74) is 3.07. The summed E-state index contributed by atoms with van der Waals surface area (Å²) in [7, 11) is 1.62. The molecule has 2 aromatic heterocycles. The summed E-state index contributed by atoms with van der Waals surface area (Å²) in [5, 5.41) is 0. The minimum atomic E-state index is 0.636. The lowest BCUT2D eigenvalue weighted by molar-refractivity contribution is 0.396. The molecule has 4 nitrogen and oxygen atoms in total. The molecule has 0 unspecified atom stereocenters. The fraction of sp³-hybridized carbons (Fsp3) is 0.143. The van der Waals surface area contributed by atoms with Gasteiger partial charge in [-0.05, 0) is 18.2 Å². The molecular weight excluding hydrogens is 226 g/mol. The highest BCUT2D eigenvalue weighted by Crippen LogP contribution is 2.14. The van der Waals surface area contributed by atoms with Crippen LogP contribution in [0.15, 0.2) is 48.8 Å². The van der Waals surface area contributed by atoms with Gasteiger partial charge in [0.05, 0.1) is 36.7 Å². The van der Waals surface area contributed by atoms with E-state index in [-0.39, 0.29) is 0 Å². The van der Waals surface area contributed by atoms with E-state index in [9.17, 15) is 0 Å². The van der Waals surface area contributed by atoms with E-state index in [1.165, 1.54) is 0 Å². The lowest BCUT2D eigenvalue weighted by Crippen LogP contribution is -2.01. The molecule has 0 aliphatic rings. The van der Waals surface area contributed by atoms with Gasteiger partial charge >= 0.3 is 0 Å². The first-order valence-corrected chi connectivity index (χ1v) is 5.76. The lowest BCUT2D eigenvalue weighted by Gasteiger charge is -2.05. The standard InChI is InChI=1S/C14H13N3O/c1-18-14-8-4-5-11(16-14)9-17-10-15-12-6-2-3-7-13(12)17/h2-8,10H,9H2,1H3. The Morgan fingerprint density at radius 2 is 2.00 bits per heavy atom. The summed E-state index contributed by atoms with van der Waals surface area (Å²) < 4.78 is 7.21. The number of para-hydroxylation sites is 2. The fourth-order valence-electron chi connectivity index (χ4n) is 1.97. The van der Waals surface area contributed by atoms with Crippen LogP contribution in [-0.2, 0) is 6.54 Å². The minimum absolute atomic E-state index is 0.636. The molecular formula is C14H13N3O. The molecule has 0 amide bonds. The Morgan fingerprint density at radius 3 is 2.89 bits per heavy atom. The zero-order valence-corrected chi connectivity index (χ0v) is 10.1. The Balaban J connectivity index is 1.96. The molecule has 18 heavy (non-hydrogen) atoms. The van der Waals surface area contributed by atoms with Gasteiger partial charge in [0.15, 0.2) is 0 Å². The topological polar surface area (TPSA) is 39.9 Å². The Kier molecular flexibility index (Phi) is 2.68. The van der Waals surface area contributed by atoms with E-state index in [0.29, 0.717) is 12.4 Å². The van der Waals surface area contributed by atoms with Crippen molar-refractivity contribution in [3.8, 4) is 5.88 Å². The van der Waals surface area contributed by atoms with Gasteiger partial charge in [0.1, 0.15) is 0 Å². The van der Waals surface area contributed by atoms with Gasteiger partial charge in [0, 0.05) is 6.07 Å². The highest BCUT2D eigenvalue weighted by molar-refractivity contribution is 5.75. The quantitative estimate of drug-likeness (QED) is 0.705. The molecule has 3 rings (SSSR count). The SMILES string of the molecule is COc1cccc(Cn2cnc3ccccc32)n1. The first-order chi connectivity index (χ1) is 8.86. The molecule has 0 saturated heterocycles. The second kappa shape index (κ2) is 4.49. The molecule has 0 aliphatic carbocycles. The maximum Gasteiger partial charge on any atom is 0.213 e. The number of rotatable bonds is 3. The van der Waals surface area contributed by atoms with Crippen molar-refractivity contribution in [2.45, 2.75) is 6.54 Å². The van der Waals surface area contributed by atoms with Crippen molar-refractivity contribution in [3.05, 3.63) is 54.5 Å². The average molecular weight is 239 g/mol. The molecule has 0 bridgehead atoms. The predicted molar refractivity (Wildman–Crippen MR) is 69.6 cm³/mol.